The van der Waals surface area contributed by atoms with Crippen LogP contribution in [0.3, 0.4) is 0 Å². The van der Waals surface area contributed by atoms with Gasteiger partial charge in [0, 0.05) is 29.1 Å². The van der Waals surface area contributed by atoms with Gasteiger partial charge >= 0.3 is 0 Å². The highest BCUT2D eigenvalue weighted by molar-refractivity contribution is 6.33. The second kappa shape index (κ2) is 7.81. The van der Waals surface area contributed by atoms with Crippen LogP contribution in [0.5, 0.6) is 11.5 Å². The number of rotatable bonds is 5. The Balaban J connectivity index is 1.65. The fourth-order valence-electron chi connectivity index (χ4n) is 2.91. The third-order valence-corrected chi connectivity index (χ3v) is 4.71. The molecular weight excluding hydrogens is 392 g/mol. The first kappa shape index (κ1) is 18.8. The van der Waals surface area contributed by atoms with E-state index in [1.807, 2.05) is 6.07 Å². The molecule has 0 bridgehead atoms. The molecule has 4 rings (SSSR count). The van der Waals surface area contributed by atoms with Crippen LogP contribution >= 0.6 is 11.6 Å². The highest BCUT2D eigenvalue weighted by atomic mass is 35.5. The van der Waals surface area contributed by atoms with Crippen molar-refractivity contribution in [2.75, 3.05) is 19.5 Å². The Labute approximate surface area is 171 Å². The summed E-state index contributed by atoms with van der Waals surface area (Å²) in [6.45, 7) is 0. The number of aromatic amines is 1. The molecule has 29 heavy (non-hydrogen) atoms. The van der Waals surface area contributed by atoms with E-state index in [1.54, 1.807) is 48.8 Å². The number of hydrogen-bond acceptors (Lipinski definition) is 5. The minimum absolute atomic E-state index is 0.302. The molecule has 0 saturated carbocycles. The summed E-state index contributed by atoms with van der Waals surface area (Å²) in [6, 6.07) is 12.0. The van der Waals surface area contributed by atoms with E-state index in [0.29, 0.717) is 39.2 Å². The lowest BCUT2D eigenvalue weighted by molar-refractivity contribution is 0.102. The SMILES string of the molecule is COc1cc(OC)cc(C(=O)Nc2ccc(Cl)c(-c3nc4cnccc4[nH]3)c2)c1. The van der Waals surface area contributed by atoms with Gasteiger partial charge in [0.05, 0.1) is 31.0 Å². The Bertz CT molecular complexity index is 1150. The van der Waals surface area contributed by atoms with Crippen LogP contribution in [0.15, 0.2) is 54.9 Å². The number of anilines is 1. The van der Waals surface area contributed by atoms with Crippen LogP contribution in [0, 0.1) is 0 Å². The summed E-state index contributed by atoms with van der Waals surface area (Å²) in [5, 5.41) is 3.38. The van der Waals surface area contributed by atoms with Gasteiger partial charge in [-0.05, 0) is 36.4 Å². The molecule has 4 aromatic rings. The van der Waals surface area contributed by atoms with Gasteiger partial charge < -0.3 is 19.8 Å². The van der Waals surface area contributed by atoms with Gasteiger partial charge in [-0.2, -0.15) is 0 Å². The number of hydrogen-bond donors (Lipinski definition) is 2. The second-order valence-corrected chi connectivity index (χ2v) is 6.64. The molecule has 2 aromatic carbocycles. The molecule has 0 aliphatic rings. The Kier molecular flexibility index (Phi) is 5.05. The number of nitrogens with zero attached hydrogens (tertiary/aromatic N) is 2. The zero-order valence-electron chi connectivity index (χ0n) is 15.7. The van der Waals surface area contributed by atoms with E-state index in [0.717, 1.165) is 11.0 Å². The molecule has 0 fully saturated rings. The fraction of sp³-hybridized carbons (Fsp3) is 0.0952. The molecule has 0 saturated heterocycles. The van der Waals surface area contributed by atoms with E-state index in [2.05, 4.69) is 20.3 Å². The van der Waals surface area contributed by atoms with Crippen LogP contribution in [0.1, 0.15) is 10.4 Å². The fourth-order valence-corrected chi connectivity index (χ4v) is 3.12. The average molecular weight is 409 g/mol. The predicted molar refractivity (Wildman–Crippen MR) is 112 cm³/mol. The third-order valence-electron chi connectivity index (χ3n) is 4.38. The Morgan fingerprint density at radius 2 is 1.83 bits per heavy atom. The number of nitrogens with one attached hydrogen (secondary N) is 2. The van der Waals surface area contributed by atoms with Crippen LogP contribution in [0.2, 0.25) is 5.02 Å². The molecule has 1 amide bonds. The largest absolute Gasteiger partial charge is 0.497 e. The zero-order valence-corrected chi connectivity index (χ0v) is 16.4. The number of pyridine rings is 1. The summed E-state index contributed by atoms with van der Waals surface area (Å²) < 4.78 is 10.4. The molecule has 7 nitrogen and oxygen atoms in total. The van der Waals surface area contributed by atoms with E-state index in [4.69, 9.17) is 21.1 Å². The molecule has 146 valence electrons. The van der Waals surface area contributed by atoms with Gasteiger partial charge in [0.1, 0.15) is 22.8 Å². The number of benzene rings is 2. The standard InChI is InChI=1S/C21H17ClN4O3/c1-28-14-7-12(8-15(10-14)29-2)21(27)24-13-3-4-17(22)16(9-13)20-25-18-5-6-23-11-19(18)26-20/h3-11H,1-2H3,(H,24,27)(H,25,26). The molecule has 0 atom stereocenters. The van der Waals surface area contributed by atoms with Gasteiger partial charge in [-0.1, -0.05) is 11.6 Å². The van der Waals surface area contributed by atoms with Crippen LogP contribution in [0.4, 0.5) is 5.69 Å². The number of amides is 1. The van der Waals surface area contributed by atoms with Crippen LogP contribution in [-0.2, 0) is 0 Å². The molecule has 0 aliphatic heterocycles. The summed E-state index contributed by atoms with van der Waals surface area (Å²) in [4.78, 5) is 24.5. The molecule has 0 aliphatic carbocycles. The summed E-state index contributed by atoms with van der Waals surface area (Å²) in [7, 11) is 3.07. The van der Waals surface area contributed by atoms with Crippen LogP contribution < -0.4 is 14.8 Å². The van der Waals surface area contributed by atoms with Crippen molar-refractivity contribution >= 4 is 34.2 Å². The lowest BCUT2D eigenvalue weighted by atomic mass is 10.1. The van der Waals surface area contributed by atoms with E-state index in [-0.39, 0.29) is 5.91 Å². The van der Waals surface area contributed by atoms with Crippen molar-refractivity contribution in [3.63, 3.8) is 0 Å². The maximum absolute atomic E-state index is 12.7. The van der Waals surface area contributed by atoms with Crippen molar-refractivity contribution in [2.45, 2.75) is 0 Å². The van der Waals surface area contributed by atoms with Crippen LogP contribution in [-0.4, -0.2) is 35.1 Å². The normalized spacial score (nSPS) is 10.7. The minimum Gasteiger partial charge on any atom is -0.497 e. The Hall–Kier alpha value is -3.58. The van der Waals surface area contributed by atoms with Crippen molar-refractivity contribution in [1.82, 2.24) is 15.0 Å². The summed E-state index contributed by atoms with van der Waals surface area (Å²) >= 11 is 6.37. The molecule has 8 heteroatoms. The summed E-state index contributed by atoms with van der Waals surface area (Å²) in [6.07, 6.45) is 3.36. The molecule has 2 N–H and O–H groups in total. The molecule has 2 aromatic heterocycles. The summed E-state index contributed by atoms with van der Waals surface area (Å²) in [5.74, 6) is 1.35. The van der Waals surface area contributed by atoms with Gasteiger partial charge in [0.25, 0.3) is 5.91 Å². The zero-order chi connectivity index (χ0) is 20.4. The number of fused-ring (bicyclic) bond motifs is 1. The molecular formula is C21H17ClN4O3. The van der Waals surface area contributed by atoms with Gasteiger partial charge in [-0.3, -0.25) is 9.78 Å². The van der Waals surface area contributed by atoms with E-state index in [1.165, 1.54) is 14.2 Å². The molecule has 0 unspecified atom stereocenters. The second-order valence-electron chi connectivity index (χ2n) is 6.23. The number of methoxy groups -OCH3 is 2. The Morgan fingerprint density at radius 3 is 2.52 bits per heavy atom. The maximum Gasteiger partial charge on any atom is 0.255 e. The maximum atomic E-state index is 12.7. The number of carbonyl (C=O) groups is 1. The average Bonchev–Trinajstić information content (AvgIpc) is 3.18. The molecule has 2 heterocycles. The Morgan fingerprint density at radius 1 is 1.07 bits per heavy atom. The number of H-pyrrole nitrogens is 1. The van der Waals surface area contributed by atoms with E-state index < -0.39 is 0 Å². The van der Waals surface area contributed by atoms with Gasteiger partial charge in [-0.15, -0.1) is 0 Å². The predicted octanol–water partition coefficient (Wildman–Crippen LogP) is 4.55. The topological polar surface area (TPSA) is 89.1 Å². The monoisotopic (exact) mass is 408 g/mol. The van der Waals surface area contributed by atoms with Gasteiger partial charge in [-0.25, -0.2) is 4.98 Å². The minimum atomic E-state index is -0.302. The smallest absolute Gasteiger partial charge is 0.255 e. The molecule has 0 radical (unpaired) electrons. The highest BCUT2D eigenvalue weighted by Gasteiger charge is 2.14. The first-order valence-corrected chi connectivity index (χ1v) is 9.09. The van der Waals surface area contributed by atoms with E-state index in [9.17, 15) is 4.79 Å². The van der Waals surface area contributed by atoms with Crippen molar-refractivity contribution < 1.29 is 14.3 Å². The van der Waals surface area contributed by atoms with E-state index >= 15 is 0 Å². The molecule has 0 spiro atoms. The van der Waals surface area contributed by atoms with Crippen molar-refractivity contribution in [3.8, 4) is 22.9 Å². The van der Waals surface area contributed by atoms with Crippen LogP contribution in [0.25, 0.3) is 22.4 Å². The number of halogens is 1. The third kappa shape index (κ3) is 3.86. The highest BCUT2D eigenvalue weighted by Crippen LogP contribution is 2.30. The first-order chi connectivity index (χ1) is 14.1. The number of aromatic nitrogens is 3. The number of carbonyl (C=O) groups excluding carboxylic acids is 1. The summed E-state index contributed by atoms with van der Waals surface area (Å²) in [5.41, 5.74) is 3.24. The number of ether oxygens (including phenoxy) is 2. The number of imidazole rings is 1. The van der Waals surface area contributed by atoms with Crippen molar-refractivity contribution in [2.24, 2.45) is 0 Å². The lowest BCUT2D eigenvalue weighted by Crippen LogP contribution is -2.12. The van der Waals surface area contributed by atoms with Crippen molar-refractivity contribution in [1.29, 1.82) is 0 Å². The van der Waals surface area contributed by atoms with Gasteiger partial charge in [0.15, 0.2) is 0 Å². The van der Waals surface area contributed by atoms with Gasteiger partial charge in [0.2, 0.25) is 0 Å². The first-order valence-electron chi connectivity index (χ1n) is 8.71. The lowest BCUT2D eigenvalue weighted by Gasteiger charge is -2.10. The van der Waals surface area contributed by atoms with Crippen molar-refractivity contribution in [3.05, 3.63) is 65.4 Å². The quantitative estimate of drug-likeness (QED) is 0.505.